The molecule has 2 heterocycles. The number of nitrogens with one attached hydrogen (secondary N) is 1. The lowest BCUT2D eigenvalue weighted by Crippen LogP contribution is -2.43. The topological polar surface area (TPSA) is 84.9 Å². The molecule has 1 amide bonds. The first-order chi connectivity index (χ1) is 15.3. The molecule has 2 aromatic carbocycles. The van der Waals surface area contributed by atoms with Crippen LogP contribution in [0.5, 0.6) is 11.5 Å². The third-order valence-corrected chi connectivity index (χ3v) is 8.01. The van der Waals surface area contributed by atoms with E-state index in [0.717, 1.165) is 5.56 Å². The van der Waals surface area contributed by atoms with Crippen LogP contribution in [0.2, 0.25) is 5.02 Å². The van der Waals surface area contributed by atoms with Crippen LogP contribution in [0.3, 0.4) is 0 Å². The summed E-state index contributed by atoms with van der Waals surface area (Å²) < 4.78 is 38.2. The summed E-state index contributed by atoms with van der Waals surface area (Å²) in [5.41, 5.74) is 1.63. The van der Waals surface area contributed by atoms with Crippen molar-refractivity contribution in [3.05, 3.63) is 58.6 Å². The molecular formula is C23H27ClN2O5S. The van der Waals surface area contributed by atoms with E-state index in [0.29, 0.717) is 61.2 Å². The standard InChI is InChI=1S/C23H27ClN2O5S/c1-16(19-4-7-21-22(14-19)31-13-12-30-21)25-23(27)18-8-10-26(11-9-18)32(28,29)15-17-2-5-20(24)6-3-17/h2-7,14,16,18H,8-13,15H2,1H3,(H,25,27)/t16-/m1/s1. The van der Waals surface area contributed by atoms with E-state index in [2.05, 4.69) is 5.32 Å². The zero-order valence-corrected chi connectivity index (χ0v) is 19.5. The van der Waals surface area contributed by atoms with Crippen LogP contribution in [0.15, 0.2) is 42.5 Å². The maximum absolute atomic E-state index is 12.8. The quantitative estimate of drug-likeness (QED) is 0.686. The van der Waals surface area contributed by atoms with Crippen molar-refractivity contribution in [1.29, 1.82) is 0 Å². The van der Waals surface area contributed by atoms with Gasteiger partial charge in [0.2, 0.25) is 15.9 Å². The summed E-state index contributed by atoms with van der Waals surface area (Å²) in [6.07, 6.45) is 0.999. The highest BCUT2D eigenvalue weighted by Crippen LogP contribution is 2.33. The molecular weight excluding hydrogens is 452 g/mol. The van der Waals surface area contributed by atoms with E-state index in [1.165, 1.54) is 4.31 Å². The molecule has 1 saturated heterocycles. The summed E-state index contributed by atoms with van der Waals surface area (Å²) in [5, 5.41) is 3.63. The van der Waals surface area contributed by atoms with E-state index in [9.17, 15) is 13.2 Å². The molecule has 0 bridgehead atoms. The van der Waals surface area contributed by atoms with Crippen LogP contribution < -0.4 is 14.8 Å². The second-order valence-electron chi connectivity index (χ2n) is 8.19. The van der Waals surface area contributed by atoms with Crippen LogP contribution in [0.25, 0.3) is 0 Å². The first kappa shape index (κ1) is 22.9. The van der Waals surface area contributed by atoms with Crippen LogP contribution in [-0.2, 0) is 20.6 Å². The summed E-state index contributed by atoms with van der Waals surface area (Å²) in [6, 6.07) is 12.3. The Labute approximate surface area is 193 Å². The summed E-state index contributed by atoms with van der Waals surface area (Å²) in [4.78, 5) is 12.8. The number of benzene rings is 2. The van der Waals surface area contributed by atoms with Crippen LogP contribution in [-0.4, -0.2) is 44.9 Å². The van der Waals surface area contributed by atoms with Gasteiger partial charge in [-0.2, -0.15) is 0 Å². The highest BCUT2D eigenvalue weighted by molar-refractivity contribution is 7.88. The Bertz CT molecular complexity index is 1070. The van der Waals surface area contributed by atoms with Crippen molar-refractivity contribution in [3.8, 4) is 11.5 Å². The van der Waals surface area contributed by atoms with Crippen molar-refractivity contribution >= 4 is 27.5 Å². The number of nitrogens with zero attached hydrogens (tertiary/aromatic N) is 1. The number of hydrogen-bond acceptors (Lipinski definition) is 5. The SMILES string of the molecule is C[C@@H](NC(=O)C1CCN(S(=O)(=O)Cc2ccc(Cl)cc2)CC1)c1ccc2c(c1)OCCO2. The van der Waals surface area contributed by atoms with Crippen LogP contribution >= 0.6 is 11.6 Å². The third-order valence-electron chi connectivity index (χ3n) is 5.91. The van der Waals surface area contributed by atoms with Crippen molar-refractivity contribution in [2.45, 2.75) is 31.6 Å². The smallest absolute Gasteiger partial charge is 0.223 e. The van der Waals surface area contributed by atoms with Crippen molar-refractivity contribution in [2.24, 2.45) is 5.92 Å². The Hall–Kier alpha value is -2.29. The molecule has 4 rings (SSSR count). The van der Waals surface area contributed by atoms with Crippen molar-refractivity contribution in [2.75, 3.05) is 26.3 Å². The molecule has 0 aliphatic carbocycles. The van der Waals surface area contributed by atoms with E-state index in [-0.39, 0.29) is 23.6 Å². The fourth-order valence-corrected chi connectivity index (χ4v) is 5.71. The van der Waals surface area contributed by atoms with Gasteiger partial charge in [-0.25, -0.2) is 12.7 Å². The number of piperidine rings is 1. The average molecular weight is 479 g/mol. The van der Waals surface area contributed by atoms with Gasteiger partial charge in [-0.05, 0) is 55.2 Å². The van der Waals surface area contributed by atoms with Crippen LogP contribution in [0.1, 0.15) is 36.9 Å². The predicted molar refractivity (Wildman–Crippen MR) is 122 cm³/mol. The fraction of sp³-hybridized carbons (Fsp3) is 0.435. The Balaban J connectivity index is 1.30. The minimum atomic E-state index is -3.44. The normalized spacial score (nSPS) is 18.2. The Kier molecular flexibility index (Phi) is 6.93. The maximum atomic E-state index is 12.8. The number of carbonyl (C=O) groups is 1. The van der Waals surface area contributed by atoms with E-state index in [4.69, 9.17) is 21.1 Å². The lowest BCUT2D eigenvalue weighted by molar-refractivity contribution is -0.126. The molecule has 9 heteroatoms. The molecule has 2 aliphatic rings. The molecule has 0 spiro atoms. The molecule has 32 heavy (non-hydrogen) atoms. The highest BCUT2D eigenvalue weighted by Gasteiger charge is 2.31. The van der Waals surface area contributed by atoms with Gasteiger partial charge in [0.15, 0.2) is 11.5 Å². The molecule has 0 saturated carbocycles. The number of sulfonamides is 1. The van der Waals surface area contributed by atoms with Crippen molar-refractivity contribution < 1.29 is 22.7 Å². The van der Waals surface area contributed by atoms with E-state index < -0.39 is 10.0 Å². The first-order valence-corrected chi connectivity index (χ1v) is 12.7. The van der Waals surface area contributed by atoms with Gasteiger partial charge < -0.3 is 14.8 Å². The molecule has 1 atom stereocenters. The van der Waals surface area contributed by atoms with E-state index in [1.54, 1.807) is 24.3 Å². The molecule has 1 N–H and O–H groups in total. The van der Waals surface area contributed by atoms with Crippen molar-refractivity contribution in [3.63, 3.8) is 0 Å². The molecule has 0 aromatic heterocycles. The molecule has 0 unspecified atom stereocenters. The molecule has 7 nitrogen and oxygen atoms in total. The minimum absolute atomic E-state index is 0.0536. The first-order valence-electron chi connectivity index (χ1n) is 10.7. The number of amides is 1. The third kappa shape index (κ3) is 5.36. The largest absolute Gasteiger partial charge is 0.486 e. The maximum Gasteiger partial charge on any atom is 0.223 e. The average Bonchev–Trinajstić information content (AvgIpc) is 2.80. The summed E-state index contributed by atoms with van der Waals surface area (Å²) in [7, 11) is -3.44. The molecule has 172 valence electrons. The van der Waals surface area contributed by atoms with E-state index >= 15 is 0 Å². The van der Waals surface area contributed by atoms with Crippen molar-refractivity contribution in [1.82, 2.24) is 9.62 Å². The number of ether oxygens (including phenoxy) is 2. The number of fused-ring (bicyclic) bond motifs is 1. The highest BCUT2D eigenvalue weighted by atomic mass is 35.5. The van der Waals surface area contributed by atoms with Gasteiger partial charge in [0.05, 0.1) is 11.8 Å². The lowest BCUT2D eigenvalue weighted by Gasteiger charge is -2.31. The van der Waals surface area contributed by atoms with Crippen LogP contribution in [0.4, 0.5) is 0 Å². The number of carbonyl (C=O) groups excluding carboxylic acids is 1. The van der Waals surface area contributed by atoms with Gasteiger partial charge in [-0.3, -0.25) is 4.79 Å². The van der Waals surface area contributed by atoms with E-state index in [1.807, 2.05) is 25.1 Å². The fourth-order valence-electron chi connectivity index (χ4n) is 4.02. The second-order valence-corrected chi connectivity index (χ2v) is 10.6. The second kappa shape index (κ2) is 9.68. The molecule has 0 radical (unpaired) electrons. The zero-order valence-electron chi connectivity index (χ0n) is 17.9. The van der Waals surface area contributed by atoms with Gasteiger partial charge in [0, 0.05) is 24.0 Å². The Morgan fingerprint density at radius 3 is 2.44 bits per heavy atom. The van der Waals surface area contributed by atoms with Gasteiger partial charge in [-0.15, -0.1) is 0 Å². The number of rotatable bonds is 6. The van der Waals surface area contributed by atoms with Gasteiger partial charge in [-0.1, -0.05) is 29.8 Å². The summed E-state index contributed by atoms with van der Waals surface area (Å²) >= 11 is 5.87. The summed E-state index contributed by atoms with van der Waals surface area (Å²) in [5.74, 6) is 1.07. The molecule has 2 aromatic rings. The predicted octanol–water partition coefficient (Wildman–Crippen LogP) is 3.53. The monoisotopic (exact) mass is 478 g/mol. The minimum Gasteiger partial charge on any atom is -0.486 e. The number of halogens is 1. The molecule has 2 aliphatic heterocycles. The van der Waals surface area contributed by atoms with Crippen LogP contribution in [0, 0.1) is 5.92 Å². The Morgan fingerprint density at radius 1 is 1.09 bits per heavy atom. The summed E-state index contributed by atoms with van der Waals surface area (Å²) in [6.45, 7) is 3.65. The number of hydrogen-bond donors (Lipinski definition) is 1. The Morgan fingerprint density at radius 2 is 1.75 bits per heavy atom. The van der Waals surface area contributed by atoms with Gasteiger partial charge in [0.25, 0.3) is 0 Å². The lowest BCUT2D eigenvalue weighted by atomic mass is 9.96. The zero-order chi connectivity index (χ0) is 22.7. The van der Waals surface area contributed by atoms with Gasteiger partial charge in [0.1, 0.15) is 13.2 Å². The van der Waals surface area contributed by atoms with Gasteiger partial charge >= 0.3 is 0 Å². The molecule has 1 fully saturated rings.